The van der Waals surface area contributed by atoms with Crippen molar-refractivity contribution in [1.29, 1.82) is 0 Å². The van der Waals surface area contributed by atoms with E-state index < -0.39 is 5.97 Å². The lowest BCUT2D eigenvalue weighted by atomic mass is 10.1. The monoisotopic (exact) mass is 304 g/mol. The Hall–Kier alpha value is -2.40. The first kappa shape index (κ1) is 15.0. The summed E-state index contributed by atoms with van der Waals surface area (Å²) in [5.74, 6) is -0.758. The van der Waals surface area contributed by atoms with Crippen molar-refractivity contribution in [3.05, 3.63) is 53.3 Å². The van der Waals surface area contributed by atoms with E-state index in [0.717, 1.165) is 22.5 Å². The molecule has 1 N–H and O–H groups in total. The molecule has 1 heterocycles. The third-order valence-corrected chi connectivity index (χ3v) is 2.95. The molecule has 1 aromatic heterocycles. The minimum absolute atomic E-state index is 0.188. The normalized spacial score (nSPS) is 10.8. The number of esters is 1. The number of amides is 1. The average molecular weight is 305 g/mol. The van der Waals surface area contributed by atoms with E-state index in [4.69, 9.17) is 11.6 Å². The molecule has 6 heteroatoms. The van der Waals surface area contributed by atoms with Gasteiger partial charge in [-0.15, -0.1) is 0 Å². The number of nitrogens with one attached hydrogen (secondary N) is 1. The third-order valence-electron chi connectivity index (χ3n) is 2.74. The second-order valence-corrected chi connectivity index (χ2v) is 4.72. The second kappa shape index (κ2) is 6.85. The van der Waals surface area contributed by atoms with E-state index in [-0.39, 0.29) is 12.3 Å². The van der Waals surface area contributed by atoms with Gasteiger partial charge >= 0.3 is 5.97 Å². The average Bonchev–Trinajstić information content (AvgIpc) is 2.46. The van der Waals surface area contributed by atoms with Crippen LogP contribution in [-0.4, -0.2) is 24.0 Å². The van der Waals surface area contributed by atoms with Crippen LogP contribution < -0.4 is 5.32 Å². The summed E-state index contributed by atoms with van der Waals surface area (Å²) in [6.07, 6.45) is 4.16. The zero-order valence-electron chi connectivity index (χ0n) is 11.3. The van der Waals surface area contributed by atoms with E-state index in [1.54, 1.807) is 12.3 Å². The molecule has 1 amide bonds. The number of methoxy groups -OCH3 is 1. The fourth-order valence-corrected chi connectivity index (χ4v) is 1.94. The Balaban J connectivity index is 2.04. The van der Waals surface area contributed by atoms with Crippen LogP contribution in [-0.2, 0) is 20.7 Å². The quantitative estimate of drug-likeness (QED) is 0.695. The van der Waals surface area contributed by atoms with Gasteiger partial charge in [0.05, 0.1) is 24.1 Å². The van der Waals surface area contributed by atoms with Crippen LogP contribution in [0, 0.1) is 0 Å². The summed E-state index contributed by atoms with van der Waals surface area (Å²) < 4.78 is 4.41. The number of ether oxygens (including phenoxy) is 1. The van der Waals surface area contributed by atoms with Gasteiger partial charge in [0.1, 0.15) is 0 Å². The van der Waals surface area contributed by atoms with E-state index in [9.17, 15) is 9.59 Å². The number of carbonyl (C=O) groups is 2. The highest BCUT2D eigenvalue weighted by molar-refractivity contribution is 6.31. The first-order valence-electron chi connectivity index (χ1n) is 6.16. The highest BCUT2D eigenvalue weighted by Crippen LogP contribution is 2.18. The first-order chi connectivity index (χ1) is 10.1. The standard InChI is InChI=1S/C15H13ClN2O3/c1-21-15(20)4-5-17-14(19)7-10-2-3-13-11(6-10)8-12(16)9-18-13/h2-6,8-9H,7H2,1H3,(H,17,19)/b5-4-. The molecule has 0 fully saturated rings. The number of aromatic nitrogens is 1. The largest absolute Gasteiger partial charge is 0.466 e. The number of carbonyl (C=O) groups excluding carboxylic acids is 2. The Morgan fingerprint density at radius 2 is 2.19 bits per heavy atom. The van der Waals surface area contributed by atoms with Crippen LogP contribution in [0.3, 0.4) is 0 Å². The molecule has 2 rings (SSSR count). The summed E-state index contributed by atoms with van der Waals surface area (Å²) in [6, 6.07) is 7.31. The van der Waals surface area contributed by atoms with Gasteiger partial charge in [-0.25, -0.2) is 4.79 Å². The number of benzene rings is 1. The molecule has 0 bridgehead atoms. The molecule has 5 nitrogen and oxygen atoms in total. The number of fused-ring (bicyclic) bond motifs is 1. The SMILES string of the molecule is COC(=O)/C=C\NC(=O)Cc1ccc2ncc(Cl)cc2c1. The fourth-order valence-electron chi connectivity index (χ4n) is 1.77. The van der Waals surface area contributed by atoms with Crippen LogP contribution in [0.2, 0.25) is 5.02 Å². The summed E-state index contributed by atoms with van der Waals surface area (Å²) in [4.78, 5) is 26.8. The van der Waals surface area contributed by atoms with Crippen molar-refractivity contribution in [3.8, 4) is 0 Å². The molecular weight excluding hydrogens is 292 g/mol. The molecule has 108 valence electrons. The number of rotatable bonds is 4. The Kier molecular flexibility index (Phi) is 4.90. The first-order valence-corrected chi connectivity index (χ1v) is 6.54. The van der Waals surface area contributed by atoms with Gasteiger partial charge in [-0.3, -0.25) is 9.78 Å². The van der Waals surface area contributed by atoms with Gasteiger partial charge in [0, 0.05) is 23.9 Å². The maximum atomic E-state index is 11.7. The second-order valence-electron chi connectivity index (χ2n) is 4.28. The Bertz CT molecular complexity index is 713. The van der Waals surface area contributed by atoms with Crippen LogP contribution in [0.5, 0.6) is 0 Å². The summed E-state index contributed by atoms with van der Waals surface area (Å²) in [5, 5.41) is 3.91. The van der Waals surface area contributed by atoms with Crippen LogP contribution in [0.4, 0.5) is 0 Å². The molecule has 1 aromatic carbocycles. The number of hydrogen-bond donors (Lipinski definition) is 1. The molecule has 0 atom stereocenters. The molecule has 0 aliphatic heterocycles. The van der Waals surface area contributed by atoms with Crippen molar-refractivity contribution in [1.82, 2.24) is 10.3 Å². The summed E-state index contributed by atoms with van der Waals surface area (Å²) in [5.41, 5.74) is 1.64. The van der Waals surface area contributed by atoms with Crippen molar-refractivity contribution in [2.75, 3.05) is 7.11 Å². The van der Waals surface area contributed by atoms with E-state index in [2.05, 4.69) is 15.0 Å². The van der Waals surface area contributed by atoms with Crippen LogP contribution in [0.1, 0.15) is 5.56 Å². The van der Waals surface area contributed by atoms with Crippen LogP contribution >= 0.6 is 11.6 Å². The summed E-state index contributed by atoms with van der Waals surface area (Å²) in [7, 11) is 1.27. The van der Waals surface area contributed by atoms with E-state index in [1.807, 2.05) is 18.2 Å². The smallest absolute Gasteiger partial charge is 0.331 e. The van der Waals surface area contributed by atoms with E-state index in [1.165, 1.54) is 13.3 Å². The molecule has 0 radical (unpaired) electrons. The molecular formula is C15H13ClN2O3. The van der Waals surface area contributed by atoms with Crippen molar-refractivity contribution in [2.45, 2.75) is 6.42 Å². The lowest BCUT2D eigenvalue weighted by Crippen LogP contribution is -2.19. The third kappa shape index (κ3) is 4.29. The predicted molar refractivity (Wildman–Crippen MR) is 79.8 cm³/mol. The van der Waals surface area contributed by atoms with Gasteiger partial charge in [0.2, 0.25) is 5.91 Å². The Labute approximate surface area is 126 Å². The highest BCUT2D eigenvalue weighted by atomic mass is 35.5. The zero-order valence-corrected chi connectivity index (χ0v) is 12.1. The van der Waals surface area contributed by atoms with Gasteiger partial charge in [-0.2, -0.15) is 0 Å². The van der Waals surface area contributed by atoms with Gasteiger partial charge in [0.25, 0.3) is 0 Å². The van der Waals surface area contributed by atoms with Crippen molar-refractivity contribution in [3.63, 3.8) is 0 Å². The summed E-state index contributed by atoms with van der Waals surface area (Å²) in [6.45, 7) is 0. The number of hydrogen-bond acceptors (Lipinski definition) is 4. The highest BCUT2D eigenvalue weighted by Gasteiger charge is 2.04. The zero-order chi connectivity index (χ0) is 15.2. The number of pyridine rings is 1. The van der Waals surface area contributed by atoms with Crippen molar-refractivity contribution < 1.29 is 14.3 Å². The Morgan fingerprint density at radius 3 is 2.95 bits per heavy atom. The van der Waals surface area contributed by atoms with Crippen molar-refractivity contribution >= 4 is 34.4 Å². The molecule has 0 aliphatic carbocycles. The van der Waals surface area contributed by atoms with Crippen LogP contribution in [0.25, 0.3) is 10.9 Å². The molecule has 0 saturated carbocycles. The molecule has 21 heavy (non-hydrogen) atoms. The van der Waals surface area contributed by atoms with E-state index in [0.29, 0.717) is 5.02 Å². The number of nitrogens with zero attached hydrogens (tertiary/aromatic N) is 1. The molecule has 0 aliphatic rings. The maximum Gasteiger partial charge on any atom is 0.331 e. The molecule has 0 spiro atoms. The maximum absolute atomic E-state index is 11.7. The lowest BCUT2D eigenvalue weighted by Gasteiger charge is -2.03. The van der Waals surface area contributed by atoms with Gasteiger partial charge in [-0.1, -0.05) is 17.7 Å². The molecule has 2 aromatic rings. The van der Waals surface area contributed by atoms with E-state index >= 15 is 0 Å². The molecule has 0 unspecified atom stereocenters. The summed E-state index contributed by atoms with van der Waals surface area (Å²) >= 11 is 5.89. The molecule has 0 saturated heterocycles. The minimum atomic E-state index is -0.526. The Morgan fingerprint density at radius 1 is 1.38 bits per heavy atom. The van der Waals surface area contributed by atoms with Crippen LogP contribution in [0.15, 0.2) is 42.7 Å². The van der Waals surface area contributed by atoms with Gasteiger partial charge in [-0.05, 0) is 23.8 Å². The van der Waals surface area contributed by atoms with Crippen molar-refractivity contribution in [2.24, 2.45) is 0 Å². The lowest BCUT2D eigenvalue weighted by molar-refractivity contribution is -0.134. The number of halogens is 1. The van der Waals surface area contributed by atoms with Gasteiger partial charge in [0.15, 0.2) is 0 Å². The fraction of sp³-hybridized carbons (Fsp3) is 0.133. The minimum Gasteiger partial charge on any atom is -0.466 e. The predicted octanol–water partition coefficient (Wildman–Crippen LogP) is 2.23. The van der Waals surface area contributed by atoms with Gasteiger partial charge < -0.3 is 10.1 Å². The topological polar surface area (TPSA) is 68.3 Å².